The minimum absolute atomic E-state index is 0.0383. The minimum Gasteiger partial charge on any atom is -0.370 e. The fourth-order valence-electron chi connectivity index (χ4n) is 2.36. The first-order valence-corrected chi connectivity index (χ1v) is 7.27. The molecule has 1 aromatic rings. The van der Waals surface area contributed by atoms with Crippen LogP contribution in [0, 0.1) is 0 Å². The molecule has 0 aliphatic carbocycles. The van der Waals surface area contributed by atoms with Crippen LogP contribution in [-0.4, -0.2) is 42.0 Å². The molecule has 0 saturated carbocycles. The lowest BCUT2D eigenvalue weighted by atomic mass is 10.1. The summed E-state index contributed by atoms with van der Waals surface area (Å²) in [6, 6.07) is 7.82. The van der Waals surface area contributed by atoms with Crippen LogP contribution in [0.2, 0.25) is 0 Å². The van der Waals surface area contributed by atoms with E-state index in [9.17, 15) is 4.79 Å². The van der Waals surface area contributed by atoms with Gasteiger partial charge in [-0.25, -0.2) is 0 Å². The Balaban J connectivity index is 2.09. The Hall–Kier alpha value is -1.06. The van der Waals surface area contributed by atoms with Gasteiger partial charge in [-0.1, -0.05) is 19.1 Å². The topological polar surface area (TPSA) is 29.5 Å². The second kappa shape index (κ2) is 6.40. The molecule has 104 valence electrons. The Kier molecular flexibility index (Phi) is 4.83. The third-order valence-electron chi connectivity index (χ3n) is 3.39. The maximum Gasteiger partial charge on any atom is 0.254 e. The highest BCUT2D eigenvalue weighted by atomic mass is 35.5. The molecule has 0 bridgehead atoms. The van der Waals surface area contributed by atoms with Crippen molar-refractivity contribution in [2.45, 2.75) is 32.5 Å². The number of nitrogens with zero attached hydrogens (tertiary/aromatic N) is 1. The van der Waals surface area contributed by atoms with Gasteiger partial charge in [0.2, 0.25) is 0 Å². The number of alkyl halides is 1. The molecular weight excluding hydrogens is 262 g/mol. The van der Waals surface area contributed by atoms with Gasteiger partial charge in [0, 0.05) is 18.7 Å². The molecule has 1 aliphatic rings. The number of aryl methyl sites for hydroxylation is 1. The molecule has 1 aliphatic heterocycles. The van der Waals surface area contributed by atoms with E-state index in [0.717, 1.165) is 12.0 Å². The molecule has 2 atom stereocenters. The molecule has 0 aromatic heterocycles. The van der Waals surface area contributed by atoms with Crippen LogP contribution in [-0.2, 0) is 11.2 Å². The van der Waals surface area contributed by atoms with Crippen molar-refractivity contribution in [2.24, 2.45) is 0 Å². The van der Waals surface area contributed by atoms with Gasteiger partial charge in [-0.2, -0.15) is 0 Å². The monoisotopic (exact) mass is 281 g/mol. The van der Waals surface area contributed by atoms with Gasteiger partial charge in [-0.05, 0) is 31.0 Å². The van der Waals surface area contributed by atoms with Gasteiger partial charge in [0.05, 0.1) is 18.1 Å². The highest BCUT2D eigenvalue weighted by Gasteiger charge is 2.28. The summed E-state index contributed by atoms with van der Waals surface area (Å²) in [7, 11) is 0. The summed E-state index contributed by atoms with van der Waals surface area (Å²) < 4.78 is 5.66. The number of carbonyl (C=O) groups excluding carboxylic acids is 1. The fourth-order valence-corrected chi connectivity index (χ4v) is 2.53. The highest BCUT2D eigenvalue weighted by Crippen LogP contribution is 2.16. The Morgan fingerprint density at radius 3 is 2.63 bits per heavy atom. The molecule has 1 fully saturated rings. The van der Waals surface area contributed by atoms with Crippen LogP contribution < -0.4 is 0 Å². The van der Waals surface area contributed by atoms with E-state index in [1.807, 2.05) is 36.1 Å². The molecule has 1 heterocycles. The van der Waals surface area contributed by atoms with E-state index in [4.69, 9.17) is 16.3 Å². The van der Waals surface area contributed by atoms with Crippen molar-refractivity contribution in [1.29, 1.82) is 0 Å². The van der Waals surface area contributed by atoms with Gasteiger partial charge in [0.25, 0.3) is 5.91 Å². The number of amides is 1. The number of benzene rings is 1. The first kappa shape index (κ1) is 14.4. The molecule has 0 radical (unpaired) electrons. The third kappa shape index (κ3) is 3.48. The summed E-state index contributed by atoms with van der Waals surface area (Å²) in [4.78, 5) is 14.3. The molecule has 1 amide bonds. The van der Waals surface area contributed by atoms with Crippen molar-refractivity contribution >= 4 is 17.5 Å². The maximum absolute atomic E-state index is 12.4. The zero-order valence-electron chi connectivity index (χ0n) is 11.4. The largest absolute Gasteiger partial charge is 0.370 e. The average molecular weight is 282 g/mol. The normalized spacial score (nSPS) is 23.4. The van der Waals surface area contributed by atoms with E-state index in [1.54, 1.807) is 0 Å². The second-order valence-corrected chi connectivity index (χ2v) is 5.29. The van der Waals surface area contributed by atoms with Crippen molar-refractivity contribution in [1.82, 2.24) is 4.90 Å². The summed E-state index contributed by atoms with van der Waals surface area (Å²) in [5.41, 5.74) is 1.98. The van der Waals surface area contributed by atoms with Crippen LogP contribution in [0.5, 0.6) is 0 Å². The lowest BCUT2D eigenvalue weighted by Crippen LogP contribution is -2.49. The lowest BCUT2D eigenvalue weighted by molar-refractivity contribution is -0.0570. The van der Waals surface area contributed by atoms with E-state index in [2.05, 4.69) is 6.92 Å². The molecule has 1 aromatic carbocycles. The summed E-state index contributed by atoms with van der Waals surface area (Å²) >= 11 is 5.84. The summed E-state index contributed by atoms with van der Waals surface area (Å²) in [6.07, 6.45) is 0.956. The van der Waals surface area contributed by atoms with Crippen molar-refractivity contribution in [3.05, 3.63) is 35.4 Å². The summed E-state index contributed by atoms with van der Waals surface area (Å²) in [5.74, 6) is 0.482. The Morgan fingerprint density at radius 1 is 1.37 bits per heavy atom. The zero-order chi connectivity index (χ0) is 13.8. The van der Waals surface area contributed by atoms with Crippen LogP contribution in [0.4, 0.5) is 0 Å². The number of morpholine rings is 1. The molecule has 19 heavy (non-hydrogen) atoms. The van der Waals surface area contributed by atoms with Gasteiger partial charge in [0.15, 0.2) is 0 Å². The zero-order valence-corrected chi connectivity index (χ0v) is 12.2. The van der Waals surface area contributed by atoms with Gasteiger partial charge >= 0.3 is 0 Å². The quantitative estimate of drug-likeness (QED) is 0.798. The average Bonchev–Trinajstić information content (AvgIpc) is 2.46. The van der Waals surface area contributed by atoms with Gasteiger partial charge in [-0.3, -0.25) is 4.79 Å². The molecule has 0 N–H and O–H groups in total. The van der Waals surface area contributed by atoms with Crippen molar-refractivity contribution in [2.75, 3.05) is 19.0 Å². The molecule has 2 rings (SSSR count). The summed E-state index contributed by atoms with van der Waals surface area (Å²) in [6.45, 7) is 5.27. The molecule has 0 spiro atoms. The van der Waals surface area contributed by atoms with Crippen molar-refractivity contribution in [3.63, 3.8) is 0 Å². The van der Waals surface area contributed by atoms with Gasteiger partial charge in [0.1, 0.15) is 0 Å². The molecule has 3 nitrogen and oxygen atoms in total. The number of carbonyl (C=O) groups is 1. The number of halogens is 1. The number of rotatable bonds is 3. The maximum atomic E-state index is 12.4. The predicted octanol–water partition coefficient (Wildman–Crippen LogP) is 2.72. The van der Waals surface area contributed by atoms with E-state index in [1.165, 1.54) is 5.56 Å². The number of hydrogen-bond donors (Lipinski definition) is 0. The molecule has 4 heteroatoms. The van der Waals surface area contributed by atoms with Gasteiger partial charge in [-0.15, -0.1) is 11.6 Å². The number of hydrogen-bond acceptors (Lipinski definition) is 2. The first-order chi connectivity index (χ1) is 9.13. The second-order valence-electron chi connectivity index (χ2n) is 4.98. The predicted molar refractivity (Wildman–Crippen MR) is 76.8 cm³/mol. The van der Waals surface area contributed by atoms with E-state index >= 15 is 0 Å². The molecular formula is C15H20ClNO2. The fraction of sp³-hybridized carbons (Fsp3) is 0.533. The minimum atomic E-state index is -0.0655. The SMILES string of the molecule is CCc1ccc(C(=O)N2CC(C)OC(CCl)C2)cc1. The van der Waals surface area contributed by atoms with Crippen LogP contribution >= 0.6 is 11.6 Å². The lowest BCUT2D eigenvalue weighted by Gasteiger charge is -2.36. The molecule has 1 saturated heterocycles. The van der Waals surface area contributed by atoms with Crippen molar-refractivity contribution < 1.29 is 9.53 Å². The highest BCUT2D eigenvalue weighted by molar-refractivity contribution is 6.18. The smallest absolute Gasteiger partial charge is 0.254 e. The van der Waals surface area contributed by atoms with Crippen LogP contribution in [0.1, 0.15) is 29.8 Å². The Morgan fingerprint density at radius 2 is 2.05 bits per heavy atom. The van der Waals surface area contributed by atoms with Crippen molar-refractivity contribution in [3.8, 4) is 0 Å². The number of ether oxygens (including phenoxy) is 1. The Labute approximate surface area is 119 Å². The van der Waals surface area contributed by atoms with Crippen LogP contribution in [0.15, 0.2) is 24.3 Å². The van der Waals surface area contributed by atoms with Gasteiger partial charge < -0.3 is 9.64 Å². The standard InChI is InChI=1S/C15H20ClNO2/c1-3-12-4-6-13(7-5-12)15(18)17-9-11(2)19-14(8-16)10-17/h4-7,11,14H,3,8-10H2,1-2H3. The van der Waals surface area contributed by atoms with Crippen LogP contribution in [0.3, 0.4) is 0 Å². The van der Waals surface area contributed by atoms with E-state index in [0.29, 0.717) is 19.0 Å². The summed E-state index contributed by atoms with van der Waals surface area (Å²) in [5, 5.41) is 0. The Bertz CT molecular complexity index is 432. The van der Waals surface area contributed by atoms with E-state index in [-0.39, 0.29) is 18.1 Å². The van der Waals surface area contributed by atoms with E-state index < -0.39 is 0 Å². The first-order valence-electron chi connectivity index (χ1n) is 6.73. The third-order valence-corrected chi connectivity index (χ3v) is 3.74. The van der Waals surface area contributed by atoms with Crippen LogP contribution in [0.25, 0.3) is 0 Å². The molecule has 2 unspecified atom stereocenters.